The summed E-state index contributed by atoms with van der Waals surface area (Å²) in [4.78, 5) is 13.7. The van der Waals surface area contributed by atoms with Crippen molar-refractivity contribution in [2.24, 2.45) is 0 Å². The van der Waals surface area contributed by atoms with Gasteiger partial charge in [0.05, 0.1) is 17.5 Å². The largest absolute Gasteiger partial charge is 0.426 e. The van der Waals surface area contributed by atoms with Crippen LogP contribution < -0.4 is 0 Å². The van der Waals surface area contributed by atoms with E-state index in [1.807, 2.05) is 4.90 Å². The minimum absolute atomic E-state index is 0.0514. The van der Waals surface area contributed by atoms with Crippen LogP contribution in [0.3, 0.4) is 0 Å². The van der Waals surface area contributed by atoms with Crippen molar-refractivity contribution >= 4 is 17.1 Å². The highest BCUT2D eigenvalue weighted by molar-refractivity contribution is 7.14. The van der Waals surface area contributed by atoms with Crippen LogP contribution in [0.1, 0.15) is 27.4 Å². The molecule has 1 aromatic carbocycles. The third-order valence-electron chi connectivity index (χ3n) is 4.27. The predicted molar refractivity (Wildman–Crippen MR) is 90.8 cm³/mol. The van der Waals surface area contributed by atoms with E-state index in [1.165, 1.54) is 6.07 Å². The Bertz CT molecular complexity index is 735. The Hall–Kier alpha value is -1.70. The minimum Gasteiger partial charge on any atom is -0.393 e. The lowest BCUT2D eigenvalue weighted by atomic mass is 10.0. The summed E-state index contributed by atoms with van der Waals surface area (Å²) in [5.41, 5.74) is 0.502. The number of carbonyl (C=O) groups excluding carboxylic acids is 1. The number of aliphatic hydroxyl groups is 1. The number of carbonyl (C=O) groups is 1. The average molecular weight is 369 g/mol. The minimum atomic E-state index is -4.50. The molecule has 1 fully saturated rings. The van der Waals surface area contributed by atoms with Crippen molar-refractivity contribution < 1.29 is 23.1 Å². The number of ketones is 1. The summed E-state index contributed by atoms with van der Waals surface area (Å²) in [7, 11) is 0. The number of alkyl halides is 3. The Labute approximate surface area is 147 Å². The smallest absolute Gasteiger partial charge is 0.393 e. The zero-order valence-corrected chi connectivity index (χ0v) is 14.2. The number of thiophene rings is 1. The molecule has 2 heterocycles. The van der Waals surface area contributed by atoms with Crippen molar-refractivity contribution in [1.82, 2.24) is 4.90 Å². The van der Waals surface area contributed by atoms with Crippen LogP contribution in [0.2, 0.25) is 0 Å². The van der Waals surface area contributed by atoms with Crippen molar-refractivity contribution in [3.8, 4) is 11.1 Å². The molecule has 1 aliphatic rings. The van der Waals surface area contributed by atoms with Gasteiger partial charge in [-0.1, -0.05) is 30.3 Å². The summed E-state index contributed by atoms with van der Waals surface area (Å²) in [5, 5.41) is 9.50. The molecule has 0 aliphatic carbocycles. The summed E-state index contributed by atoms with van der Waals surface area (Å²) in [6.07, 6.45) is -3.68. The first-order valence-corrected chi connectivity index (χ1v) is 8.86. The first kappa shape index (κ1) is 18.1. The van der Waals surface area contributed by atoms with E-state index in [0.717, 1.165) is 0 Å². The van der Waals surface area contributed by atoms with E-state index in [2.05, 4.69) is 0 Å². The molecule has 0 unspecified atom stereocenters. The molecule has 2 aromatic rings. The van der Waals surface area contributed by atoms with Gasteiger partial charge in [-0.15, -0.1) is 11.3 Å². The zero-order chi connectivity index (χ0) is 18.0. The first-order valence-electron chi connectivity index (χ1n) is 8.04. The van der Waals surface area contributed by atoms with E-state index in [1.54, 1.807) is 30.3 Å². The van der Waals surface area contributed by atoms with Crippen LogP contribution in [0.5, 0.6) is 0 Å². The summed E-state index contributed by atoms with van der Waals surface area (Å²) in [6.45, 7) is 1.24. The SMILES string of the molecule is O=C(CN1CCC(O)CC1)c1cc(-c2ccccc2)c(C(F)(F)F)s1. The van der Waals surface area contributed by atoms with Gasteiger partial charge < -0.3 is 5.11 Å². The normalized spacial score (nSPS) is 17.0. The highest BCUT2D eigenvalue weighted by atomic mass is 32.1. The molecule has 0 amide bonds. The molecule has 1 saturated heterocycles. The van der Waals surface area contributed by atoms with Gasteiger partial charge in [-0.05, 0) is 24.5 Å². The van der Waals surface area contributed by atoms with Crippen molar-refractivity contribution in [2.45, 2.75) is 25.1 Å². The Kier molecular flexibility index (Phi) is 5.27. The molecule has 134 valence electrons. The fourth-order valence-corrected chi connectivity index (χ4v) is 3.91. The summed E-state index contributed by atoms with van der Waals surface area (Å²) in [6, 6.07) is 9.65. The summed E-state index contributed by atoms with van der Waals surface area (Å²) < 4.78 is 40.1. The molecule has 7 heteroatoms. The van der Waals surface area contributed by atoms with Gasteiger partial charge in [0.2, 0.25) is 0 Å². The predicted octanol–water partition coefficient (Wildman–Crippen LogP) is 4.07. The number of hydrogen-bond acceptors (Lipinski definition) is 4. The number of nitrogens with zero attached hydrogens (tertiary/aromatic N) is 1. The van der Waals surface area contributed by atoms with Crippen molar-refractivity contribution in [3.05, 3.63) is 46.2 Å². The fraction of sp³-hybridized carbons (Fsp3) is 0.389. The van der Waals surface area contributed by atoms with Gasteiger partial charge >= 0.3 is 6.18 Å². The third-order valence-corrected chi connectivity index (χ3v) is 5.49. The van der Waals surface area contributed by atoms with Crippen molar-refractivity contribution in [3.63, 3.8) is 0 Å². The Balaban J connectivity index is 1.85. The lowest BCUT2D eigenvalue weighted by Crippen LogP contribution is -2.38. The second-order valence-electron chi connectivity index (χ2n) is 6.15. The molecule has 0 spiro atoms. The maximum absolute atomic E-state index is 13.4. The molecule has 0 radical (unpaired) electrons. The molecular weight excluding hydrogens is 351 g/mol. The number of hydrogen-bond donors (Lipinski definition) is 1. The zero-order valence-electron chi connectivity index (χ0n) is 13.4. The Morgan fingerprint density at radius 3 is 2.44 bits per heavy atom. The standard InChI is InChI=1S/C18H18F3NO2S/c19-18(20,21)17-14(12-4-2-1-3-5-12)10-16(25-17)15(24)11-22-8-6-13(23)7-9-22/h1-5,10,13,23H,6-9,11H2. The number of aliphatic hydroxyl groups excluding tert-OH is 1. The van der Waals surface area contributed by atoms with Crippen LogP contribution in [-0.2, 0) is 6.18 Å². The van der Waals surface area contributed by atoms with Gasteiger partial charge in [-0.25, -0.2) is 0 Å². The third kappa shape index (κ3) is 4.29. The quantitative estimate of drug-likeness (QED) is 0.826. The van der Waals surface area contributed by atoms with E-state index in [0.29, 0.717) is 42.8 Å². The van der Waals surface area contributed by atoms with E-state index >= 15 is 0 Å². The highest BCUT2D eigenvalue weighted by Gasteiger charge is 2.37. The maximum atomic E-state index is 13.4. The molecule has 0 saturated carbocycles. The molecule has 0 atom stereocenters. The number of benzene rings is 1. The number of Topliss-reactive ketones (excluding diaryl/α,β-unsaturated/α-hetero) is 1. The molecule has 1 aromatic heterocycles. The van der Waals surface area contributed by atoms with Crippen molar-refractivity contribution in [1.29, 1.82) is 0 Å². The summed E-state index contributed by atoms with van der Waals surface area (Å²) in [5.74, 6) is -0.311. The monoisotopic (exact) mass is 369 g/mol. The number of rotatable bonds is 4. The Morgan fingerprint density at radius 2 is 1.84 bits per heavy atom. The van der Waals surface area contributed by atoms with Gasteiger partial charge in [0.1, 0.15) is 4.88 Å². The average Bonchev–Trinajstić information content (AvgIpc) is 3.04. The molecule has 1 aliphatic heterocycles. The van der Waals surface area contributed by atoms with E-state index < -0.39 is 11.1 Å². The van der Waals surface area contributed by atoms with Gasteiger partial charge in [0.25, 0.3) is 0 Å². The van der Waals surface area contributed by atoms with Crippen molar-refractivity contribution in [2.75, 3.05) is 19.6 Å². The lowest BCUT2D eigenvalue weighted by molar-refractivity contribution is -0.133. The van der Waals surface area contributed by atoms with Crippen LogP contribution >= 0.6 is 11.3 Å². The van der Waals surface area contributed by atoms with Crippen LogP contribution in [-0.4, -0.2) is 41.5 Å². The van der Waals surface area contributed by atoms with Gasteiger partial charge in [0, 0.05) is 18.7 Å². The first-order chi connectivity index (χ1) is 11.8. The van der Waals surface area contributed by atoms with Crippen LogP contribution in [0.4, 0.5) is 13.2 Å². The number of halogens is 3. The van der Waals surface area contributed by atoms with E-state index in [4.69, 9.17) is 0 Å². The van der Waals surface area contributed by atoms with Gasteiger partial charge in [-0.3, -0.25) is 9.69 Å². The molecule has 3 nitrogen and oxygen atoms in total. The molecule has 0 bridgehead atoms. The fourth-order valence-electron chi connectivity index (χ4n) is 2.93. The number of piperidine rings is 1. The van der Waals surface area contributed by atoms with Crippen LogP contribution in [0.15, 0.2) is 36.4 Å². The molecule has 3 rings (SSSR count). The van der Waals surface area contributed by atoms with Gasteiger partial charge in [0.15, 0.2) is 5.78 Å². The number of likely N-dealkylation sites (tertiary alicyclic amines) is 1. The molecule has 25 heavy (non-hydrogen) atoms. The Morgan fingerprint density at radius 1 is 1.20 bits per heavy atom. The second-order valence-corrected chi connectivity index (χ2v) is 7.20. The topological polar surface area (TPSA) is 40.5 Å². The van der Waals surface area contributed by atoms with Crippen LogP contribution in [0, 0.1) is 0 Å². The van der Waals surface area contributed by atoms with E-state index in [9.17, 15) is 23.1 Å². The molecule has 1 N–H and O–H groups in total. The lowest BCUT2D eigenvalue weighted by Gasteiger charge is -2.28. The summed E-state index contributed by atoms with van der Waals surface area (Å²) >= 11 is 0.508. The molecular formula is C18H18F3NO2S. The van der Waals surface area contributed by atoms with E-state index in [-0.39, 0.29) is 28.9 Å². The van der Waals surface area contributed by atoms with Crippen LogP contribution in [0.25, 0.3) is 11.1 Å². The highest BCUT2D eigenvalue weighted by Crippen LogP contribution is 2.42. The second kappa shape index (κ2) is 7.27. The maximum Gasteiger partial charge on any atom is 0.426 e. The van der Waals surface area contributed by atoms with Gasteiger partial charge in [-0.2, -0.15) is 13.2 Å².